The molecule has 0 radical (unpaired) electrons. The second-order valence-corrected chi connectivity index (χ2v) is 6.03. The number of benzene rings is 1. The topological polar surface area (TPSA) is 67.2 Å². The van der Waals surface area contributed by atoms with Gasteiger partial charge in [0.25, 0.3) is 0 Å². The molecule has 2 rings (SSSR count). The second-order valence-electron chi connectivity index (χ2n) is 5.15. The summed E-state index contributed by atoms with van der Waals surface area (Å²) in [6.45, 7) is 3.75. The second kappa shape index (κ2) is 6.69. The molecule has 7 heteroatoms. The first-order valence-corrected chi connectivity index (χ1v) is 7.47. The fraction of sp³-hybridized carbons (Fsp3) is 0.333. The Bertz CT molecular complexity index is 693. The first-order chi connectivity index (χ1) is 10.3. The number of nitrogens with one attached hydrogen (secondary N) is 1. The molecular formula is C15H17Cl2N3O2. The lowest BCUT2D eigenvalue weighted by molar-refractivity contribution is -0.118. The summed E-state index contributed by atoms with van der Waals surface area (Å²) < 4.78 is 1.60. The number of aromatic nitrogens is 2. The zero-order chi connectivity index (χ0) is 16.4. The molecule has 1 atom stereocenters. The van der Waals surface area contributed by atoms with E-state index in [0.29, 0.717) is 21.4 Å². The molecule has 118 valence electrons. The number of aliphatic hydroxyl groups excluding tert-OH is 1. The van der Waals surface area contributed by atoms with Gasteiger partial charge in [-0.1, -0.05) is 23.2 Å². The minimum absolute atomic E-state index is 0.0969. The van der Waals surface area contributed by atoms with Gasteiger partial charge in [0.2, 0.25) is 5.91 Å². The molecule has 2 aromatic rings. The Kier molecular flexibility index (Phi) is 5.11. The number of amides is 1. The van der Waals surface area contributed by atoms with Gasteiger partial charge in [-0.3, -0.25) is 9.48 Å². The van der Waals surface area contributed by atoms with Gasteiger partial charge in [-0.25, -0.2) is 0 Å². The average molecular weight is 342 g/mol. The largest absolute Gasteiger partial charge is 0.388 e. The number of halogens is 2. The maximum Gasteiger partial charge on any atom is 0.228 e. The van der Waals surface area contributed by atoms with Crippen molar-refractivity contribution in [2.24, 2.45) is 7.05 Å². The van der Waals surface area contributed by atoms with Crippen molar-refractivity contribution in [3.8, 4) is 0 Å². The number of aryl methyl sites for hydroxylation is 2. The molecule has 0 saturated heterocycles. The van der Waals surface area contributed by atoms with Crippen LogP contribution in [0.1, 0.15) is 29.3 Å². The van der Waals surface area contributed by atoms with E-state index in [2.05, 4.69) is 10.4 Å². The third-order valence-electron chi connectivity index (χ3n) is 3.43. The summed E-state index contributed by atoms with van der Waals surface area (Å²) in [4.78, 5) is 12.1. The van der Waals surface area contributed by atoms with Crippen molar-refractivity contribution in [1.29, 1.82) is 0 Å². The smallest absolute Gasteiger partial charge is 0.228 e. The lowest BCUT2D eigenvalue weighted by Gasteiger charge is -2.12. The van der Waals surface area contributed by atoms with Crippen LogP contribution in [0.4, 0.5) is 5.82 Å². The molecule has 0 spiro atoms. The summed E-state index contributed by atoms with van der Waals surface area (Å²) in [6.07, 6.45) is -1.08. The number of nitrogens with zero attached hydrogens (tertiary/aromatic N) is 2. The highest BCUT2D eigenvalue weighted by Gasteiger charge is 2.17. The number of anilines is 1. The van der Waals surface area contributed by atoms with Gasteiger partial charge in [-0.2, -0.15) is 5.10 Å². The molecule has 0 aliphatic heterocycles. The van der Waals surface area contributed by atoms with Gasteiger partial charge in [0.05, 0.1) is 18.2 Å². The molecule has 0 aliphatic carbocycles. The van der Waals surface area contributed by atoms with Gasteiger partial charge in [-0.05, 0) is 37.6 Å². The van der Waals surface area contributed by atoms with E-state index in [1.54, 1.807) is 29.9 Å². The molecule has 5 nitrogen and oxygen atoms in total. The number of carbonyl (C=O) groups is 1. The summed E-state index contributed by atoms with van der Waals surface area (Å²) in [5.74, 6) is 0.313. The van der Waals surface area contributed by atoms with Crippen molar-refractivity contribution < 1.29 is 9.90 Å². The molecule has 22 heavy (non-hydrogen) atoms. The van der Waals surface area contributed by atoms with Crippen LogP contribution in [-0.4, -0.2) is 20.8 Å². The Morgan fingerprint density at radius 1 is 1.32 bits per heavy atom. The minimum atomic E-state index is -0.981. The standard InChI is InChI=1S/C15H17Cl2N3O2/c1-8-9(2)19-20(3)15(8)18-14(22)7-13(21)10-4-11(16)6-12(17)5-10/h4-6,13,21H,7H2,1-3H3,(H,18,22). The maximum absolute atomic E-state index is 12.1. The predicted molar refractivity (Wildman–Crippen MR) is 87.4 cm³/mol. The van der Waals surface area contributed by atoms with E-state index in [4.69, 9.17) is 23.2 Å². The zero-order valence-corrected chi connectivity index (χ0v) is 14.0. The zero-order valence-electron chi connectivity index (χ0n) is 12.5. The molecule has 0 aliphatic rings. The number of aliphatic hydroxyl groups is 1. The molecule has 1 aromatic heterocycles. The fourth-order valence-electron chi connectivity index (χ4n) is 2.18. The van der Waals surface area contributed by atoms with Gasteiger partial charge in [-0.15, -0.1) is 0 Å². The highest BCUT2D eigenvalue weighted by atomic mass is 35.5. The van der Waals surface area contributed by atoms with Crippen LogP contribution in [0.3, 0.4) is 0 Å². The first-order valence-electron chi connectivity index (χ1n) is 6.72. The van der Waals surface area contributed by atoms with E-state index < -0.39 is 6.10 Å². The predicted octanol–water partition coefficient (Wildman–Crippen LogP) is 3.41. The van der Waals surface area contributed by atoms with Crippen molar-refractivity contribution in [3.63, 3.8) is 0 Å². The summed E-state index contributed by atoms with van der Waals surface area (Å²) in [5.41, 5.74) is 2.25. The van der Waals surface area contributed by atoms with Crippen molar-refractivity contribution in [1.82, 2.24) is 9.78 Å². The van der Waals surface area contributed by atoms with Crippen LogP contribution in [0.2, 0.25) is 10.0 Å². The lowest BCUT2D eigenvalue weighted by Crippen LogP contribution is -2.18. The molecule has 0 saturated carbocycles. The Morgan fingerprint density at radius 3 is 2.41 bits per heavy atom. The van der Waals surface area contributed by atoms with E-state index in [9.17, 15) is 9.90 Å². The van der Waals surface area contributed by atoms with Crippen LogP contribution in [0.15, 0.2) is 18.2 Å². The quantitative estimate of drug-likeness (QED) is 0.895. The highest BCUT2D eigenvalue weighted by Crippen LogP contribution is 2.26. The maximum atomic E-state index is 12.1. The van der Waals surface area contributed by atoms with Crippen LogP contribution in [-0.2, 0) is 11.8 Å². The van der Waals surface area contributed by atoms with E-state index in [1.165, 1.54) is 0 Å². The first kappa shape index (κ1) is 16.8. The van der Waals surface area contributed by atoms with Gasteiger partial charge in [0, 0.05) is 22.7 Å². The molecule has 1 unspecified atom stereocenters. The van der Waals surface area contributed by atoms with Crippen molar-refractivity contribution in [2.45, 2.75) is 26.4 Å². The number of carbonyl (C=O) groups excluding carboxylic acids is 1. The Morgan fingerprint density at radius 2 is 1.91 bits per heavy atom. The number of hydrogen-bond donors (Lipinski definition) is 2. The minimum Gasteiger partial charge on any atom is -0.388 e. The highest BCUT2D eigenvalue weighted by molar-refractivity contribution is 6.34. The summed E-state index contributed by atoms with van der Waals surface area (Å²) in [7, 11) is 1.75. The number of hydrogen-bond acceptors (Lipinski definition) is 3. The third-order valence-corrected chi connectivity index (χ3v) is 3.86. The molecule has 1 aromatic carbocycles. The monoisotopic (exact) mass is 341 g/mol. The SMILES string of the molecule is Cc1nn(C)c(NC(=O)CC(O)c2cc(Cl)cc(Cl)c2)c1C. The lowest BCUT2D eigenvalue weighted by atomic mass is 10.1. The van der Waals surface area contributed by atoms with Crippen LogP contribution in [0.25, 0.3) is 0 Å². The van der Waals surface area contributed by atoms with Gasteiger partial charge < -0.3 is 10.4 Å². The van der Waals surface area contributed by atoms with E-state index >= 15 is 0 Å². The Balaban J connectivity index is 2.08. The van der Waals surface area contributed by atoms with Gasteiger partial charge in [0.15, 0.2) is 0 Å². The van der Waals surface area contributed by atoms with Crippen LogP contribution in [0.5, 0.6) is 0 Å². The van der Waals surface area contributed by atoms with Crippen LogP contribution < -0.4 is 5.32 Å². The Labute approximate surface area is 138 Å². The van der Waals surface area contributed by atoms with Crippen LogP contribution >= 0.6 is 23.2 Å². The average Bonchev–Trinajstić information content (AvgIpc) is 2.64. The van der Waals surface area contributed by atoms with Gasteiger partial charge in [0.1, 0.15) is 5.82 Å². The summed E-state index contributed by atoms with van der Waals surface area (Å²) in [6, 6.07) is 4.75. The van der Waals surface area contributed by atoms with Crippen molar-refractivity contribution >= 4 is 34.9 Å². The molecule has 1 heterocycles. The molecule has 0 fully saturated rings. The van der Waals surface area contributed by atoms with E-state index in [-0.39, 0.29) is 12.3 Å². The molecular weight excluding hydrogens is 325 g/mol. The normalized spacial score (nSPS) is 12.3. The summed E-state index contributed by atoms with van der Waals surface area (Å²) >= 11 is 11.8. The van der Waals surface area contributed by atoms with E-state index in [1.807, 2.05) is 13.8 Å². The number of rotatable bonds is 4. The van der Waals surface area contributed by atoms with Crippen LogP contribution in [0, 0.1) is 13.8 Å². The van der Waals surface area contributed by atoms with Crippen molar-refractivity contribution in [3.05, 3.63) is 45.1 Å². The van der Waals surface area contributed by atoms with E-state index in [0.717, 1.165) is 11.3 Å². The van der Waals surface area contributed by atoms with Crippen molar-refractivity contribution in [2.75, 3.05) is 5.32 Å². The molecule has 2 N–H and O–H groups in total. The Hall–Kier alpha value is -1.56. The summed E-state index contributed by atoms with van der Waals surface area (Å²) in [5, 5.41) is 18.0. The molecule has 1 amide bonds. The van der Waals surface area contributed by atoms with Gasteiger partial charge >= 0.3 is 0 Å². The molecule has 0 bridgehead atoms. The fourth-order valence-corrected chi connectivity index (χ4v) is 2.73. The third kappa shape index (κ3) is 3.80.